The highest BCUT2D eigenvalue weighted by molar-refractivity contribution is 7.80. The van der Waals surface area contributed by atoms with Crippen LogP contribution in [0.2, 0.25) is 0 Å². The second-order valence-electron chi connectivity index (χ2n) is 4.88. The minimum absolute atomic E-state index is 0.0777. The Morgan fingerprint density at radius 1 is 1.04 bits per heavy atom. The summed E-state index contributed by atoms with van der Waals surface area (Å²) in [5.41, 5.74) is 0.482. The van der Waals surface area contributed by atoms with Gasteiger partial charge in [0.05, 0.1) is 12.7 Å². The number of thiocarbonyl (C=S) groups is 1. The first-order valence-electron chi connectivity index (χ1n) is 7.96. The molecule has 0 aromatic heterocycles. The Hall–Kier alpha value is -1.82. The van der Waals surface area contributed by atoms with Gasteiger partial charge in [-0.2, -0.15) is 0 Å². The maximum atomic E-state index is 12.6. The predicted molar refractivity (Wildman–Crippen MR) is 96.4 cm³/mol. The molecule has 0 aliphatic rings. The maximum Gasteiger partial charge on any atom is 0.264 e. The van der Waals surface area contributed by atoms with Crippen molar-refractivity contribution in [1.29, 1.82) is 0 Å². The van der Waals surface area contributed by atoms with E-state index in [9.17, 15) is 4.79 Å². The third kappa shape index (κ3) is 4.82. The van der Waals surface area contributed by atoms with E-state index in [-0.39, 0.29) is 5.91 Å². The summed E-state index contributed by atoms with van der Waals surface area (Å²) in [5.74, 6) is 0.993. The lowest BCUT2D eigenvalue weighted by molar-refractivity contribution is 0.0769. The van der Waals surface area contributed by atoms with Crippen LogP contribution in [0.1, 0.15) is 38.1 Å². The lowest BCUT2D eigenvalue weighted by Gasteiger charge is -2.22. The Morgan fingerprint density at radius 2 is 1.61 bits per heavy atom. The largest absolute Gasteiger partial charge is 0.496 e. The second-order valence-corrected chi connectivity index (χ2v) is 5.23. The summed E-state index contributed by atoms with van der Waals surface area (Å²) in [7, 11) is 1.55. The Labute approximate surface area is 144 Å². The summed E-state index contributed by atoms with van der Waals surface area (Å²) in [6.45, 7) is 10.8. The fraction of sp³-hybridized carbons (Fsp3) is 0.529. The van der Waals surface area contributed by atoms with E-state index in [2.05, 4.69) is 0 Å². The molecule has 1 aromatic carbocycles. The molecule has 0 atom stereocenters. The molecule has 0 fully saturated rings. The third-order valence-corrected chi connectivity index (χ3v) is 4.02. The number of rotatable bonds is 7. The molecule has 1 amide bonds. The summed E-state index contributed by atoms with van der Waals surface area (Å²) in [6, 6.07) is 5.18. The quantitative estimate of drug-likeness (QED) is 0.714. The zero-order valence-corrected chi connectivity index (χ0v) is 15.4. The van der Waals surface area contributed by atoms with Gasteiger partial charge in [-0.25, -0.2) is 0 Å². The minimum Gasteiger partial charge on any atom is -0.496 e. The summed E-state index contributed by atoms with van der Waals surface area (Å²) in [5, 5.41) is 0.404. The Bertz CT molecular complexity index is 541. The van der Waals surface area contributed by atoms with Crippen LogP contribution in [0.15, 0.2) is 18.2 Å². The number of benzene rings is 1. The molecule has 23 heavy (non-hydrogen) atoms. The van der Waals surface area contributed by atoms with Gasteiger partial charge in [0, 0.05) is 26.2 Å². The lowest BCUT2D eigenvalue weighted by Crippen LogP contribution is -2.33. The van der Waals surface area contributed by atoms with Crippen molar-refractivity contribution < 1.29 is 14.3 Å². The molecule has 5 nitrogen and oxygen atoms in total. The van der Waals surface area contributed by atoms with Crippen LogP contribution in [-0.4, -0.2) is 54.2 Å². The molecule has 1 aromatic rings. The number of nitrogens with zero attached hydrogens (tertiary/aromatic N) is 2. The minimum atomic E-state index is -0.0777. The smallest absolute Gasteiger partial charge is 0.264 e. The fourth-order valence-corrected chi connectivity index (χ4v) is 2.60. The Balaban J connectivity index is 3.07. The SMILES string of the molecule is CCN(CC)C(=O)c1cc(OC(=S)N(CC)CC)ccc1OC. The zero-order valence-electron chi connectivity index (χ0n) is 14.6. The number of methoxy groups -OCH3 is 1. The van der Waals surface area contributed by atoms with Gasteiger partial charge in [0.1, 0.15) is 11.5 Å². The van der Waals surface area contributed by atoms with Crippen molar-refractivity contribution >= 4 is 23.3 Å². The van der Waals surface area contributed by atoms with E-state index < -0.39 is 0 Å². The number of amides is 1. The summed E-state index contributed by atoms with van der Waals surface area (Å²) >= 11 is 5.30. The fourth-order valence-electron chi connectivity index (χ4n) is 2.25. The molecule has 1 rings (SSSR count). The number of carbonyl (C=O) groups is 1. The van der Waals surface area contributed by atoms with E-state index in [1.807, 2.05) is 32.6 Å². The van der Waals surface area contributed by atoms with Crippen molar-refractivity contribution in [3.8, 4) is 11.5 Å². The average molecular weight is 338 g/mol. The topological polar surface area (TPSA) is 42.0 Å². The van der Waals surface area contributed by atoms with Gasteiger partial charge in [-0.1, -0.05) is 0 Å². The van der Waals surface area contributed by atoms with Gasteiger partial charge in [-0.15, -0.1) is 0 Å². The lowest BCUT2D eigenvalue weighted by atomic mass is 10.1. The number of carbonyl (C=O) groups excluding carboxylic acids is 1. The third-order valence-electron chi connectivity index (χ3n) is 3.68. The van der Waals surface area contributed by atoms with Crippen molar-refractivity contribution in [2.45, 2.75) is 27.7 Å². The standard InChI is InChI=1S/C17H26N2O3S/c1-6-18(7-2)16(20)14-12-13(10-11-15(14)21-5)22-17(23)19(8-3)9-4/h10-12H,6-9H2,1-5H3. The number of ether oxygens (including phenoxy) is 2. The van der Waals surface area contributed by atoms with E-state index in [0.29, 0.717) is 35.3 Å². The van der Waals surface area contributed by atoms with E-state index in [0.717, 1.165) is 13.1 Å². The van der Waals surface area contributed by atoms with Crippen LogP contribution in [-0.2, 0) is 0 Å². The first kappa shape index (κ1) is 19.2. The van der Waals surface area contributed by atoms with Crippen LogP contribution in [0, 0.1) is 0 Å². The first-order valence-corrected chi connectivity index (χ1v) is 8.37. The molecule has 0 saturated carbocycles. The highest BCUT2D eigenvalue weighted by Crippen LogP contribution is 2.26. The van der Waals surface area contributed by atoms with Crippen molar-refractivity contribution in [2.75, 3.05) is 33.3 Å². The Kier molecular flexibility index (Phi) is 7.81. The molecule has 128 valence electrons. The van der Waals surface area contributed by atoms with Crippen LogP contribution in [0.3, 0.4) is 0 Å². The zero-order chi connectivity index (χ0) is 17.4. The molecule has 0 aliphatic carbocycles. The summed E-state index contributed by atoms with van der Waals surface area (Å²) in [6.07, 6.45) is 0. The molecule has 6 heteroatoms. The van der Waals surface area contributed by atoms with E-state index in [4.69, 9.17) is 21.7 Å². The van der Waals surface area contributed by atoms with Gasteiger partial charge >= 0.3 is 0 Å². The molecule has 0 saturated heterocycles. The maximum absolute atomic E-state index is 12.6. The van der Waals surface area contributed by atoms with Crippen molar-refractivity contribution in [1.82, 2.24) is 9.80 Å². The second kappa shape index (κ2) is 9.35. The molecular formula is C17H26N2O3S. The molecule has 0 radical (unpaired) electrons. The van der Waals surface area contributed by atoms with Crippen LogP contribution >= 0.6 is 12.2 Å². The monoisotopic (exact) mass is 338 g/mol. The van der Waals surface area contributed by atoms with Crippen molar-refractivity contribution in [3.05, 3.63) is 23.8 Å². The first-order chi connectivity index (χ1) is 11.0. The van der Waals surface area contributed by atoms with Crippen LogP contribution in [0.25, 0.3) is 0 Å². The van der Waals surface area contributed by atoms with E-state index in [1.165, 1.54) is 0 Å². The van der Waals surface area contributed by atoms with Gasteiger partial charge in [0.15, 0.2) is 0 Å². The van der Waals surface area contributed by atoms with Crippen LogP contribution < -0.4 is 9.47 Å². The van der Waals surface area contributed by atoms with Gasteiger partial charge in [-0.3, -0.25) is 4.79 Å². The highest BCUT2D eigenvalue weighted by atomic mass is 32.1. The number of hydrogen-bond donors (Lipinski definition) is 0. The highest BCUT2D eigenvalue weighted by Gasteiger charge is 2.19. The molecule has 0 unspecified atom stereocenters. The van der Waals surface area contributed by atoms with Gasteiger partial charge in [0.25, 0.3) is 11.1 Å². The van der Waals surface area contributed by atoms with Gasteiger partial charge < -0.3 is 19.3 Å². The van der Waals surface area contributed by atoms with Crippen LogP contribution in [0.5, 0.6) is 11.5 Å². The van der Waals surface area contributed by atoms with Gasteiger partial charge in [-0.05, 0) is 58.1 Å². The molecule has 0 spiro atoms. The molecular weight excluding hydrogens is 312 g/mol. The van der Waals surface area contributed by atoms with Crippen molar-refractivity contribution in [3.63, 3.8) is 0 Å². The molecule has 0 heterocycles. The summed E-state index contributed by atoms with van der Waals surface area (Å²) < 4.78 is 11.0. The number of hydrogen-bond acceptors (Lipinski definition) is 4. The average Bonchev–Trinajstić information content (AvgIpc) is 2.56. The molecule has 0 bridgehead atoms. The van der Waals surface area contributed by atoms with Gasteiger partial charge in [0.2, 0.25) is 0 Å². The predicted octanol–water partition coefficient (Wildman–Crippen LogP) is 3.18. The van der Waals surface area contributed by atoms with E-state index >= 15 is 0 Å². The molecule has 0 aliphatic heterocycles. The van der Waals surface area contributed by atoms with Crippen LogP contribution in [0.4, 0.5) is 0 Å². The Morgan fingerprint density at radius 3 is 2.09 bits per heavy atom. The normalized spacial score (nSPS) is 10.1. The summed E-state index contributed by atoms with van der Waals surface area (Å²) in [4.78, 5) is 16.3. The molecule has 0 N–H and O–H groups in total. The van der Waals surface area contributed by atoms with Crippen molar-refractivity contribution in [2.24, 2.45) is 0 Å². The van der Waals surface area contributed by atoms with E-state index in [1.54, 1.807) is 30.2 Å².